The molecule has 2 N–H and O–H groups in total. The fourth-order valence-electron chi connectivity index (χ4n) is 2.97. The highest BCUT2D eigenvalue weighted by Crippen LogP contribution is 2.35. The Balaban J connectivity index is 2.08. The van der Waals surface area contributed by atoms with Gasteiger partial charge in [-0.3, -0.25) is 4.98 Å². The minimum absolute atomic E-state index is 0.00974. The number of aromatic hydroxyl groups is 1. The van der Waals surface area contributed by atoms with Crippen LogP contribution in [0.1, 0.15) is 17.2 Å². The number of rotatable bonds is 8. The highest BCUT2D eigenvalue weighted by Gasteiger charge is 2.21. The molecule has 0 radical (unpaired) electrons. The summed E-state index contributed by atoms with van der Waals surface area (Å²) in [6.45, 7) is 4.28. The number of aromatic nitrogens is 1. The van der Waals surface area contributed by atoms with Crippen LogP contribution >= 0.6 is 0 Å². The molecule has 0 aliphatic rings. The highest BCUT2D eigenvalue weighted by molar-refractivity contribution is 5.85. The maximum absolute atomic E-state index is 12.4. The molecule has 0 amide bonds. The molecule has 2 aromatic carbocycles. The largest absolute Gasteiger partial charge is 0.505 e. The van der Waals surface area contributed by atoms with Crippen LogP contribution in [0.5, 0.6) is 11.5 Å². The molecule has 0 fully saturated rings. The van der Waals surface area contributed by atoms with Gasteiger partial charge in [0.1, 0.15) is 22.8 Å². The lowest BCUT2D eigenvalue weighted by molar-refractivity contribution is -0.0498. The molecular formula is C22H19F2N3O2. The van der Waals surface area contributed by atoms with Gasteiger partial charge in [-0.25, -0.2) is 4.99 Å². The SMILES string of the molecule is C=C/C=C(\N=C)NC(c1ccc(OC(F)F)cc1)c1ccc2cccnc2c1O. The third-order valence-corrected chi connectivity index (χ3v) is 4.27. The van der Waals surface area contributed by atoms with Gasteiger partial charge in [0.05, 0.1) is 6.04 Å². The highest BCUT2D eigenvalue weighted by atomic mass is 19.3. The van der Waals surface area contributed by atoms with Crippen molar-refractivity contribution >= 4 is 17.6 Å². The molecule has 29 heavy (non-hydrogen) atoms. The van der Waals surface area contributed by atoms with Crippen LogP contribution < -0.4 is 10.1 Å². The second kappa shape index (κ2) is 8.97. The summed E-state index contributed by atoms with van der Waals surface area (Å²) in [4.78, 5) is 8.18. The third kappa shape index (κ3) is 4.57. The Morgan fingerprint density at radius 1 is 1.17 bits per heavy atom. The quantitative estimate of drug-likeness (QED) is 0.418. The van der Waals surface area contributed by atoms with E-state index in [0.717, 1.165) is 5.39 Å². The maximum Gasteiger partial charge on any atom is 0.387 e. The zero-order chi connectivity index (χ0) is 20.8. The Morgan fingerprint density at radius 3 is 2.59 bits per heavy atom. The molecule has 1 aromatic heterocycles. The summed E-state index contributed by atoms with van der Waals surface area (Å²) in [5.74, 6) is 0.476. The maximum atomic E-state index is 12.4. The number of benzene rings is 2. The predicted octanol–water partition coefficient (Wildman–Crippen LogP) is 4.95. The van der Waals surface area contributed by atoms with Gasteiger partial charge in [-0.15, -0.1) is 0 Å². The summed E-state index contributed by atoms with van der Waals surface area (Å²) < 4.78 is 29.3. The van der Waals surface area contributed by atoms with Gasteiger partial charge < -0.3 is 15.2 Å². The predicted molar refractivity (Wildman–Crippen MR) is 109 cm³/mol. The number of aliphatic imine (C=N–C) groups is 1. The number of allylic oxidation sites excluding steroid dienone is 2. The van der Waals surface area contributed by atoms with Crippen molar-refractivity contribution in [3.8, 4) is 11.5 Å². The summed E-state index contributed by atoms with van der Waals surface area (Å²) in [6, 6.07) is 12.8. The van der Waals surface area contributed by atoms with Crippen molar-refractivity contribution in [1.29, 1.82) is 0 Å². The Bertz CT molecular complexity index is 1050. The van der Waals surface area contributed by atoms with Crippen LogP contribution in [0.15, 0.2) is 84.3 Å². The summed E-state index contributed by atoms with van der Waals surface area (Å²) in [5.41, 5.74) is 1.68. The topological polar surface area (TPSA) is 66.7 Å². The molecule has 0 saturated carbocycles. The molecule has 1 atom stereocenters. The number of hydrogen-bond donors (Lipinski definition) is 2. The molecule has 5 nitrogen and oxygen atoms in total. The molecule has 0 spiro atoms. The lowest BCUT2D eigenvalue weighted by atomic mass is 9.96. The normalized spacial score (nSPS) is 12.6. The van der Waals surface area contributed by atoms with Crippen molar-refractivity contribution in [3.63, 3.8) is 0 Å². The monoisotopic (exact) mass is 395 g/mol. The molecule has 148 valence electrons. The first kappa shape index (κ1) is 20.0. The van der Waals surface area contributed by atoms with Crippen LogP contribution in [-0.2, 0) is 0 Å². The van der Waals surface area contributed by atoms with Crippen molar-refractivity contribution < 1.29 is 18.6 Å². The third-order valence-electron chi connectivity index (χ3n) is 4.27. The number of nitrogens with zero attached hydrogens (tertiary/aromatic N) is 2. The lowest BCUT2D eigenvalue weighted by Gasteiger charge is -2.22. The van der Waals surface area contributed by atoms with E-state index in [1.54, 1.807) is 42.6 Å². The first-order chi connectivity index (χ1) is 14.0. The zero-order valence-electron chi connectivity index (χ0n) is 15.4. The Labute approximate surface area is 166 Å². The molecule has 1 heterocycles. The molecular weight excluding hydrogens is 376 g/mol. The lowest BCUT2D eigenvalue weighted by Crippen LogP contribution is -2.21. The van der Waals surface area contributed by atoms with E-state index in [1.165, 1.54) is 12.1 Å². The first-order valence-electron chi connectivity index (χ1n) is 8.71. The van der Waals surface area contributed by atoms with E-state index in [2.05, 4.69) is 33.3 Å². The fourth-order valence-corrected chi connectivity index (χ4v) is 2.97. The number of alkyl halides is 2. The van der Waals surface area contributed by atoms with Crippen LogP contribution in [0, 0.1) is 0 Å². The molecule has 0 saturated heterocycles. The van der Waals surface area contributed by atoms with E-state index in [-0.39, 0.29) is 11.5 Å². The van der Waals surface area contributed by atoms with E-state index < -0.39 is 12.7 Å². The molecule has 1 unspecified atom stereocenters. The van der Waals surface area contributed by atoms with Crippen molar-refractivity contribution in [2.45, 2.75) is 12.7 Å². The van der Waals surface area contributed by atoms with Crippen LogP contribution in [0.4, 0.5) is 8.78 Å². The van der Waals surface area contributed by atoms with Crippen LogP contribution in [-0.4, -0.2) is 23.4 Å². The average Bonchev–Trinajstić information content (AvgIpc) is 2.72. The fraction of sp³-hybridized carbons (Fsp3) is 0.0909. The van der Waals surface area contributed by atoms with Crippen LogP contribution in [0.2, 0.25) is 0 Å². The molecule has 0 bridgehead atoms. The molecule has 0 aliphatic carbocycles. The summed E-state index contributed by atoms with van der Waals surface area (Å²) in [6.07, 6.45) is 4.78. The first-order valence-corrected chi connectivity index (χ1v) is 8.71. The van der Waals surface area contributed by atoms with E-state index in [1.807, 2.05) is 12.1 Å². The number of phenolic OH excluding ortho intramolecular Hbond substituents is 1. The molecule has 7 heteroatoms. The van der Waals surface area contributed by atoms with Gasteiger partial charge in [0.2, 0.25) is 0 Å². The van der Waals surface area contributed by atoms with Crippen LogP contribution in [0.25, 0.3) is 10.9 Å². The van der Waals surface area contributed by atoms with Crippen molar-refractivity contribution in [2.75, 3.05) is 0 Å². The summed E-state index contributed by atoms with van der Waals surface area (Å²) in [7, 11) is 0. The van der Waals surface area contributed by atoms with Gasteiger partial charge in [-0.05, 0) is 36.6 Å². The summed E-state index contributed by atoms with van der Waals surface area (Å²) >= 11 is 0. The number of halogens is 2. The van der Waals surface area contributed by atoms with E-state index in [9.17, 15) is 13.9 Å². The minimum Gasteiger partial charge on any atom is -0.505 e. The second-order valence-corrected chi connectivity index (χ2v) is 6.05. The standard InChI is InChI=1S/C22H19F2N3O2/c1-3-5-18(25-2)27-19(15-7-10-16(11-8-15)29-22(23)24)17-12-9-14-6-4-13-26-20(14)21(17)28/h3-13,19,22,27-28H,1-2H2/b18-5+. The number of nitrogens with one attached hydrogen (secondary N) is 1. The summed E-state index contributed by atoms with van der Waals surface area (Å²) in [5, 5.41) is 14.8. The van der Waals surface area contributed by atoms with Gasteiger partial charge in [0, 0.05) is 17.1 Å². The zero-order valence-corrected chi connectivity index (χ0v) is 15.4. The number of fused-ring (bicyclic) bond motifs is 1. The van der Waals surface area contributed by atoms with Crippen LogP contribution in [0.3, 0.4) is 0 Å². The van der Waals surface area contributed by atoms with Crippen molar-refractivity contribution in [1.82, 2.24) is 10.3 Å². The molecule has 3 rings (SSSR count). The Kier molecular flexibility index (Phi) is 6.19. The molecule has 3 aromatic rings. The van der Waals surface area contributed by atoms with Gasteiger partial charge in [0.15, 0.2) is 0 Å². The number of pyridine rings is 1. The van der Waals surface area contributed by atoms with Gasteiger partial charge >= 0.3 is 6.61 Å². The second-order valence-electron chi connectivity index (χ2n) is 6.05. The Hall–Kier alpha value is -3.74. The smallest absolute Gasteiger partial charge is 0.387 e. The van der Waals surface area contributed by atoms with Crippen molar-refractivity contribution in [3.05, 3.63) is 90.4 Å². The van der Waals surface area contributed by atoms with E-state index in [4.69, 9.17) is 0 Å². The average molecular weight is 395 g/mol. The number of hydrogen-bond acceptors (Lipinski definition) is 5. The number of ether oxygens (including phenoxy) is 1. The Morgan fingerprint density at radius 2 is 1.93 bits per heavy atom. The van der Waals surface area contributed by atoms with Gasteiger partial charge in [-0.1, -0.05) is 43.0 Å². The van der Waals surface area contributed by atoms with E-state index >= 15 is 0 Å². The number of phenols is 1. The van der Waals surface area contributed by atoms with Gasteiger partial charge in [-0.2, -0.15) is 8.78 Å². The van der Waals surface area contributed by atoms with Crippen molar-refractivity contribution in [2.24, 2.45) is 4.99 Å². The van der Waals surface area contributed by atoms with E-state index in [0.29, 0.717) is 22.5 Å². The van der Waals surface area contributed by atoms with Gasteiger partial charge in [0.25, 0.3) is 0 Å². The minimum atomic E-state index is -2.91. The molecule has 0 aliphatic heterocycles.